The van der Waals surface area contributed by atoms with Gasteiger partial charge < -0.3 is 19.5 Å². The second-order valence-electron chi connectivity index (χ2n) is 4.28. The first-order chi connectivity index (χ1) is 9.54. The number of carboxylic acids is 1. The summed E-state index contributed by atoms with van der Waals surface area (Å²) < 4.78 is 10.4. The van der Waals surface area contributed by atoms with E-state index in [0.717, 1.165) is 11.3 Å². The zero-order chi connectivity index (χ0) is 15.0. The van der Waals surface area contributed by atoms with Gasteiger partial charge >= 0.3 is 5.97 Å². The summed E-state index contributed by atoms with van der Waals surface area (Å²) in [7, 11) is 3.07. The van der Waals surface area contributed by atoms with Gasteiger partial charge in [0.05, 0.1) is 6.61 Å². The molecule has 0 aliphatic carbocycles. The topological polar surface area (TPSA) is 76.1 Å². The number of rotatable bonds is 8. The molecule has 0 fully saturated rings. The predicted octanol–water partition coefficient (Wildman–Crippen LogP) is 1.26. The smallest absolute Gasteiger partial charge is 0.323 e. The van der Waals surface area contributed by atoms with Crippen LogP contribution in [0.15, 0.2) is 24.3 Å². The first-order valence-corrected chi connectivity index (χ1v) is 6.23. The average Bonchev–Trinajstić information content (AvgIpc) is 2.42. The van der Waals surface area contributed by atoms with Crippen LogP contribution in [0.1, 0.15) is 16.8 Å². The molecule has 0 saturated heterocycles. The van der Waals surface area contributed by atoms with E-state index in [9.17, 15) is 9.59 Å². The Morgan fingerprint density at radius 2 is 2.05 bits per heavy atom. The summed E-state index contributed by atoms with van der Waals surface area (Å²) in [6.45, 7) is 0.772. The van der Waals surface area contributed by atoms with E-state index in [2.05, 4.69) is 0 Å². The molecule has 0 radical (unpaired) electrons. The number of carboxylic acid groups (broad SMARTS) is 1. The van der Waals surface area contributed by atoms with Crippen LogP contribution >= 0.6 is 0 Å². The minimum absolute atomic E-state index is 0.336. The summed E-state index contributed by atoms with van der Waals surface area (Å²) in [4.78, 5) is 23.7. The van der Waals surface area contributed by atoms with Crippen LogP contribution in [0, 0.1) is 0 Å². The Kier molecular flexibility index (Phi) is 6.52. The number of carbonyl (C=O) groups excluding carboxylic acids is 1. The highest BCUT2D eigenvalue weighted by molar-refractivity contribution is 5.95. The van der Waals surface area contributed by atoms with Crippen molar-refractivity contribution in [3.8, 4) is 5.75 Å². The van der Waals surface area contributed by atoms with Crippen LogP contribution in [0.3, 0.4) is 0 Å². The zero-order valence-corrected chi connectivity index (χ0v) is 11.7. The molecule has 0 heterocycles. The van der Waals surface area contributed by atoms with Gasteiger partial charge in [-0.1, -0.05) is 6.07 Å². The Hall–Kier alpha value is -2.08. The maximum absolute atomic E-state index is 12.0. The number of hydrogen-bond donors (Lipinski definition) is 1. The van der Waals surface area contributed by atoms with E-state index in [-0.39, 0.29) is 12.5 Å². The molecule has 0 aliphatic heterocycles. The van der Waals surface area contributed by atoms with Crippen LogP contribution in [0.25, 0.3) is 0 Å². The van der Waals surface area contributed by atoms with Crippen molar-refractivity contribution in [1.29, 1.82) is 0 Å². The second-order valence-corrected chi connectivity index (χ2v) is 4.28. The molecule has 1 N–H and O–H groups in total. The summed E-state index contributed by atoms with van der Waals surface area (Å²) in [6, 6.07) is 6.68. The van der Waals surface area contributed by atoms with E-state index >= 15 is 0 Å². The summed E-state index contributed by atoms with van der Waals surface area (Å²) in [5, 5.41) is 8.67. The highest BCUT2D eigenvalue weighted by Gasteiger charge is 2.14. The fraction of sp³-hybridized carbons (Fsp3) is 0.429. The van der Waals surface area contributed by atoms with Crippen LogP contribution in [-0.4, -0.2) is 55.8 Å². The van der Waals surface area contributed by atoms with E-state index in [1.165, 1.54) is 7.05 Å². The van der Waals surface area contributed by atoms with Crippen LogP contribution in [0.2, 0.25) is 0 Å². The Balaban J connectivity index is 2.62. The molecule has 0 saturated carbocycles. The Morgan fingerprint density at radius 1 is 1.30 bits per heavy atom. The van der Waals surface area contributed by atoms with Gasteiger partial charge in [-0.05, 0) is 18.2 Å². The van der Waals surface area contributed by atoms with E-state index in [0.29, 0.717) is 24.5 Å². The van der Waals surface area contributed by atoms with Crippen molar-refractivity contribution in [1.82, 2.24) is 4.90 Å². The third-order valence-corrected chi connectivity index (χ3v) is 2.56. The third-order valence-electron chi connectivity index (χ3n) is 2.56. The van der Waals surface area contributed by atoms with Gasteiger partial charge in [-0.15, -0.1) is 0 Å². The molecule has 6 nitrogen and oxygen atoms in total. The number of amides is 1. The molecule has 1 aromatic carbocycles. The molecule has 110 valence electrons. The first-order valence-electron chi connectivity index (χ1n) is 6.23. The molecule has 1 amide bonds. The van der Waals surface area contributed by atoms with Crippen LogP contribution in [0.5, 0.6) is 5.75 Å². The molecule has 0 unspecified atom stereocenters. The Bertz CT molecular complexity index is 461. The lowest BCUT2D eigenvalue weighted by Gasteiger charge is -2.15. The van der Waals surface area contributed by atoms with Crippen molar-refractivity contribution in [2.24, 2.45) is 0 Å². The summed E-state index contributed by atoms with van der Waals surface area (Å²) in [6.07, 6.45) is 0.758. The third kappa shape index (κ3) is 5.27. The minimum Gasteiger partial charge on any atom is -0.493 e. The molecule has 6 heteroatoms. The van der Waals surface area contributed by atoms with Crippen molar-refractivity contribution in [2.45, 2.75) is 6.42 Å². The number of carbonyl (C=O) groups is 2. The number of nitrogens with zero attached hydrogens (tertiary/aromatic N) is 1. The second kappa shape index (κ2) is 8.16. The number of methoxy groups -OCH3 is 1. The van der Waals surface area contributed by atoms with Gasteiger partial charge in [-0.2, -0.15) is 0 Å². The molecule has 0 aliphatic rings. The molecule has 20 heavy (non-hydrogen) atoms. The largest absolute Gasteiger partial charge is 0.493 e. The van der Waals surface area contributed by atoms with Crippen molar-refractivity contribution >= 4 is 11.9 Å². The quantitative estimate of drug-likeness (QED) is 0.726. The molecule has 0 bridgehead atoms. The van der Waals surface area contributed by atoms with Gasteiger partial charge in [0.2, 0.25) is 0 Å². The number of ether oxygens (including phenoxy) is 2. The fourth-order valence-corrected chi connectivity index (χ4v) is 1.61. The summed E-state index contributed by atoms with van der Waals surface area (Å²) >= 11 is 0. The minimum atomic E-state index is -1.05. The van der Waals surface area contributed by atoms with Gasteiger partial charge in [-0.25, -0.2) is 0 Å². The maximum Gasteiger partial charge on any atom is 0.323 e. The molecule has 0 spiro atoms. The predicted molar refractivity (Wildman–Crippen MR) is 73.0 cm³/mol. The van der Waals surface area contributed by atoms with Crippen molar-refractivity contribution in [2.75, 3.05) is 33.9 Å². The fourth-order valence-electron chi connectivity index (χ4n) is 1.61. The van der Waals surface area contributed by atoms with E-state index in [1.807, 2.05) is 0 Å². The Morgan fingerprint density at radius 3 is 2.70 bits per heavy atom. The lowest BCUT2D eigenvalue weighted by molar-refractivity contribution is -0.137. The van der Waals surface area contributed by atoms with Crippen LogP contribution in [-0.2, 0) is 9.53 Å². The van der Waals surface area contributed by atoms with E-state index in [1.54, 1.807) is 31.4 Å². The van der Waals surface area contributed by atoms with E-state index < -0.39 is 5.97 Å². The maximum atomic E-state index is 12.0. The molecular formula is C14H19NO5. The average molecular weight is 281 g/mol. The van der Waals surface area contributed by atoms with Crippen molar-refractivity contribution in [3.05, 3.63) is 29.8 Å². The highest BCUT2D eigenvalue weighted by atomic mass is 16.5. The Labute approximate surface area is 117 Å². The standard InChI is InChI=1S/C14H19NO5/c1-15(10-13(16)17)14(18)11-5-3-6-12(9-11)20-8-4-7-19-2/h3,5-6,9H,4,7-8,10H2,1-2H3,(H,16,17). The number of benzene rings is 1. The SMILES string of the molecule is COCCCOc1cccc(C(=O)N(C)CC(=O)O)c1. The van der Waals surface area contributed by atoms with Gasteiger partial charge in [-0.3, -0.25) is 9.59 Å². The molecule has 1 rings (SSSR count). The number of likely N-dealkylation sites (N-methyl/N-ethyl adjacent to an activating group) is 1. The van der Waals surface area contributed by atoms with E-state index in [4.69, 9.17) is 14.6 Å². The molecule has 0 aromatic heterocycles. The van der Waals surface area contributed by atoms with Gasteiger partial charge in [0, 0.05) is 32.7 Å². The first kappa shape index (κ1) is 16.0. The van der Waals surface area contributed by atoms with Gasteiger partial charge in [0.15, 0.2) is 0 Å². The van der Waals surface area contributed by atoms with Crippen LogP contribution in [0.4, 0.5) is 0 Å². The molecular weight excluding hydrogens is 262 g/mol. The van der Waals surface area contributed by atoms with Crippen LogP contribution < -0.4 is 4.74 Å². The highest BCUT2D eigenvalue weighted by Crippen LogP contribution is 2.15. The summed E-state index contributed by atoms with van der Waals surface area (Å²) in [5.74, 6) is -0.821. The lowest BCUT2D eigenvalue weighted by atomic mass is 10.2. The summed E-state index contributed by atoms with van der Waals surface area (Å²) in [5.41, 5.74) is 0.401. The number of aliphatic carboxylic acids is 1. The monoisotopic (exact) mass is 281 g/mol. The lowest BCUT2D eigenvalue weighted by Crippen LogP contribution is -2.31. The zero-order valence-electron chi connectivity index (χ0n) is 11.7. The normalized spacial score (nSPS) is 10.1. The van der Waals surface area contributed by atoms with Gasteiger partial charge in [0.1, 0.15) is 12.3 Å². The van der Waals surface area contributed by atoms with Crippen molar-refractivity contribution < 1.29 is 24.2 Å². The van der Waals surface area contributed by atoms with Crippen molar-refractivity contribution in [3.63, 3.8) is 0 Å². The molecule has 0 atom stereocenters. The van der Waals surface area contributed by atoms with Gasteiger partial charge in [0.25, 0.3) is 5.91 Å². The molecule has 1 aromatic rings. The number of hydrogen-bond acceptors (Lipinski definition) is 4.